The van der Waals surface area contributed by atoms with Crippen LogP contribution in [0, 0.1) is 11.6 Å². The van der Waals surface area contributed by atoms with Gasteiger partial charge >= 0.3 is 13.5 Å². The first-order valence-corrected chi connectivity index (χ1v) is 3.82. The first-order valence-electron chi connectivity index (χ1n) is 3.82. The normalized spacial score (nSPS) is 11.4. The number of hydrogen-bond acceptors (Lipinski definition) is 3. The second-order valence-corrected chi connectivity index (χ2v) is 2.69. The fraction of sp³-hybridized carbons (Fsp3) is 0.143. The number of benzene rings is 1. The third-order valence-electron chi connectivity index (χ3n) is 1.58. The molecule has 2 N–H and O–H groups in total. The van der Waals surface area contributed by atoms with E-state index in [1.165, 1.54) is 0 Å². The molecule has 0 radical (unpaired) electrons. The molecular formula is C7H4BF5O3. The smallest absolute Gasteiger partial charge is 0.423 e. The summed E-state index contributed by atoms with van der Waals surface area (Å²) in [6.07, 6.45) is -5.16. The van der Waals surface area contributed by atoms with Gasteiger partial charge in [-0.3, -0.25) is 0 Å². The van der Waals surface area contributed by atoms with Crippen LogP contribution < -0.4 is 10.2 Å². The zero-order valence-electron chi connectivity index (χ0n) is 7.42. The first-order chi connectivity index (χ1) is 7.22. The fourth-order valence-electron chi connectivity index (χ4n) is 0.990. The molecule has 9 heteroatoms. The highest BCUT2D eigenvalue weighted by atomic mass is 19.4. The van der Waals surface area contributed by atoms with Gasteiger partial charge in [0.2, 0.25) is 0 Å². The molecule has 1 aromatic carbocycles. The van der Waals surface area contributed by atoms with Crippen molar-refractivity contribution in [1.82, 2.24) is 0 Å². The molecule has 0 bridgehead atoms. The predicted molar refractivity (Wildman–Crippen MR) is 42.9 cm³/mol. The fourth-order valence-corrected chi connectivity index (χ4v) is 0.990. The molecule has 1 rings (SSSR count). The Morgan fingerprint density at radius 3 is 2.12 bits per heavy atom. The summed E-state index contributed by atoms with van der Waals surface area (Å²) in [5, 5.41) is 17.1. The third-order valence-corrected chi connectivity index (χ3v) is 1.58. The standard InChI is InChI=1S/C7H4BF5O3/c9-3-1-2-4(16-7(11,12)13)6(10)5(3)8(14)15/h1-2,14-15H. The zero-order chi connectivity index (χ0) is 12.5. The Morgan fingerprint density at radius 1 is 1.12 bits per heavy atom. The average molecular weight is 242 g/mol. The largest absolute Gasteiger partial charge is 0.573 e. The Morgan fingerprint density at radius 2 is 1.69 bits per heavy atom. The van der Waals surface area contributed by atoms with Crippen molar-refractivity contribution in [2.24, 2.45) is 0 Å². The van der Waals surface area contributed by atoms with Crippen molar-refractivity contribution < 1.29 is 36.7 Å². The predicted octanol–water partition coefficient (Wildman–Crippen LogP) is 0.543. The van der Waals surface area contributed by atoms with E-state index in [1.54, 1.807) is 0 Å². The van der Waals surface area contributed by atoms with Crippen LogP contribution in [0.25, 0.3) is 0 Å². The summed E-state index contributed by atoms with van der Waals surface area (Å²) in [6, 6.07) is 0.822. The highest BCUT2D eigenvalue weighted by Gasteiger charge is 2.34. The van der Waals surface area contributed by atoms with Crippen LogP contribution in [-0.4, -0.2) is 23.5 Å². The molecule has 0 aromatic heterocycles. The molecule has 0 aliphatic heterocycles. The summed E-state index contributed by atoms with van der Waals surface area (Å²) in [5.41, 5.74) is -1.30. The van der Waals surface area contributed by atoms with E-state index in [0.29, 0.717) is 12.1 Å². The number of ether oxygens (including phenoxy) is 1. The molecule has 88 valence electrons. The van der Waals surface area contributed by atoms with Gasteiger partial charge < -0.3 is 14.8 Å². The molecule has 0 fully saturated rings. The quantitative estimate of drug-likeness (QED) is 0.587. The molecule has 1 aromatic rings. The molecule has 0 amide bonds. The van der Waals surface area contributed by atoms with Gasteiger partial charge in [-0.2, -0.15) is 0 Å². The van der Waals surface area contributed by atoms with Crippen LogP contribution >= 0.6 is 0 Å². The van der Waals surface area contributed by atoms with Crippen molar-refractivity contribution in [3.05, 3.63) is 23.8 Å². The summed E-state index contributed by atoms with van der Waals surface area (Å²) in [5.74, 6) is -4.54. The van der Waals surface area contributed by atoms with E-state index in [1.807, 2.05) is 0 Å². The summed E-state index contributed by atoms with van der Waals surface area (Å²) in [7, 11) is -2.57. The van der Waals surface area contributed by atoms with Crippen molar-refractivity contribution in [2.45, 2.75) is 6.36 Å². The molecule has 0 atom stereocenters. The van der Waals surface area contributed by atoms with E-state index in [0.717, 1.165) is 0 Å². The maximum absolute atomic E-state index is 13.1. The number of halogens is 5. The zero-order valence-corrected chi connectivity index (χ0v) is 7.42. The van der Waals surface area contributed by atoms with Crippen LogP contribution in [0.5, 0.6) is 5.75 Å². The number of hydrogen-bond donors (Lipinski definition) is 2. The second-order valence-electron chi connectivity index (χ2n) is 2.69. The minimum absolute atomic E-state index is 0.393. The van der Waals surface area contributed by atoms with Crippen molar-refractivity contribution in [1.29, 1.82) is 0 Å². The molecular weight excluding hydrogens is 238 g/mol. The van der Waals surface area contributed by atoms with Crippen LogP contribution in [0.4, 0.5) is 22.0 Å². The lowest BCUT2D eigenvalue weighted by Gasteiger charge is -2.12. The molecule has 0 heterocycles. The van der Waals surface area contributed by atoms with Gasteiger partial charge in [0, 0.05) is 0 Å². The minimum Gasteiger partial charge on any atom is -0.423 e. The van der Waals surface area contributed by atoms with Gasteiger partial charge in [-0.25, -0.2) is 8.78 Å². The van der Waals surface area contributed by atoms with Gasteiger partial charge in [0.15, 0.2) is 11.6 Å². The third kappa shape index (κ3) is 2.83. The second kappa shape index (κ2) is 4.26. The Bertz CT molecular complexity index is 392. The van der Waals surface area contributed by atoms with Gasteiger partial charge in [-0.15, -0.1) is 13.2 Å². The molecule has 0 spiro atoms. The Balaban J connectivity index is 3.19. The van der Waals surface area contributed by atoms with Crippen LogP contribution in [-0.2, 0) is 0 Å². The van der Waals surface area contributed by atoms with Crippen molar-refractivity contribution in [2.75, 3.05) is 0 Å². The van der Waals surface area contributed by atoms with Gasteiger partial charge in [-0.05, 0) is 12.1 Å². The maximum atomic E-state index is 13.1. The van der Waals surface area contributed by atoms with E-state index in [2.05, 4.69) is 4.74 Å². The SMILES string of the molecule is OB(O)c1c(F)ccc(OC(F)(F)F)c1F. The first kappa shape index (κ1) is 12.7. The van der Waals surface area contributed by atoms with E-state index >= 15 is 0 Å². The van der Waals surface area contributed by atoms with Crippen LogP contribution in [0.2, 0.25) is 0 Å². The molecule has 3 nitrogen and oxygen atoms in total. The Hall–Kier alpha value is -1.35. The van der Waals surface area contributed by atoms with E-state index in [-0.39, 0.29) is 0 Å². The average Bonchev–Trinajstić information content (AvgIpc) is 2.07. The molecule has 0 aliphatic carbocycles. The minimum atomic E-state index is -5.16. The molecule has 0 aliphatic rings. The summed E-state index contributed by atoms with van der Waals surface area (Å²) < 4.78 is 64.4. The van der Waals surface area contributed by atoms with Crippen LogP contribution in [0.3, 0.4) is 0 Å². The topological polar surface area (TPSA) is 49.7 Å². The summed E-state index contributed by atoms with van der Waals surface area (Å²) in [4.78, 5) is 0. The lowest BCUT2D eigenvalue weighted by atomic mass is 9.79. The molecule has 16 heavy (non-hydrogen) atoms. The van der Waals surface area contributed by atoms with Crippen molar-refractivity contribution in [3.63, 3.8) is 0 Å². The Labute approximate surface area is 86.2 Å². The maximum Gasteiger partial charge on any atom is 0.573 e. The van der Waals surface area contributed by atoms with Gasteiger partial charge in [0.05, 0.1) is 5.46 Å². The molecule has 0 saturated heterocycles. The van der Waals surface area contributed by atoms with Gasteiger partial charge in [0.1, 0.15) is 5.82 Å². The monoisotopic (exact) mass is 242 g/mol. The van der Waals surface area contributed by atoms with Gasteiger partial charge in [-0.1, -0.05) is 0 Å². The lowest BCUT2D eigenvalue weighted by molar-refractivity contribution is -0.275. The highest BCUT2D eigenvalue weighted by Crippen LogP contribution is 2.24. The van der Waals surface area contributed by atoms with Crippen molar-refractivity contribution >= 4 is 12.6 Å². The van der Waals surface area contributed by atoms with E-state index in [4.69, 9.17) is 10.0 Å². The summed E-state index contributed by atoms with van der Waals surface area (Å²) in [6.45, 7) is 0. The molecule has 0 unspecified atom stereocenters. The lowest BCUT2D eigenvalue weighted by Crippen LogP contribution is -2.36. The molecule has 0 saturated carbocycles. The summed E-state index contributed by atoms with van der Waals surface area (Å²) >= 11 is 0. The number of rotatable bonds is 2. The van der Waals surface area contributed by atoms with Gasteiger partial charge in [0.25, 0.3) is 0 Å². The van der Waals surface area contributed by atoms with Crippen molar-refractivity contribution in [3.8, 4) is 5.75 Å². The Kier molecular flexibility index (Phi) is 3.39. The van der Waals surface area contributed by atoms with Crippen LogP contribution in [0.1, 0.15) is 0 Å². The van der Waals surface area contributed by atoms with Crippen LogP contribution in [0.15, 0.2) is 12.1 Å². The number of alkyl halides is 3. The highest BCUT2D eigenvalue weighted by molar-refractivity contribution is 6.58. The van der Waals surface area contributed by atoms with E-state index in [9.17, 15) is 22.0 Å². The van der Waals surface area contributed by atoms with E-state index < -0.39 is 36.3 Å².